The highest BCUT2D eigenvalue weighted by Gasteiger charge is 2.27. The van der Waals surface area contributed by atoms with Crippen LogP contribution in [0.5, 0.6) is 0 Å². The van der Waals surface area contributed by atoms with Gasteiger partial charge in [0.15, 0.2) is 0 Å². The lowest BCUT2D eigenvalue weighted by molar-refractivity contribution is 0.0695. The summed E-state index contributed by atoms with van der Waals surface area (Å²) in [5, 5.41) is 14.1. The van der Waals surface area contributed by atoms with Gasteiger partial charge >= 0.3 is 5.97 Å². The van der Waals surface area contributed by atoms with Gasteiger partial charge in [0, 0.05) is 0 Å². The third-order valence-electron chi connectivity index (χ3n) is 3.66. The first kappa shape index (κ1) is 14.4. The fraction of sp³-hybridized carbons (Fsp3) is 0.714. The van der Waals surface area contributed by atoms with Gasteiger partial charge in [-0.15, -0.1) is 0 Å². The van der Waals surface area contributed by atoms with E-state index in [0.717, 1.165) is 12.8 Å². The van der Waals surface area contributed by atoms with Crippen molar-refractivity contribution < 1.29 is 9.90 Å². The quantitative estimate of drug-likeness (QED) is 0.911. The predicted molar refractivity (Wildman–Crippen MR) is 74.9 cm³/mol. The summed E-state index contributed by atoms with van der Waals surface area (Å²) in [5.74, 6) is -0.605. The van der Waals surface area contributed by atoms with Crippen molar-refractivity contribution in [1.82, 2.24) is 9.78 Å². The number of carboxylic acid groups (broad SMARTS) is 1. The Morgan fingerprint density at radius 3 is 2.58 bits per heavy atom. The lowest BCUT2D eigenvalue weighted by Gasteiger charge is -2.22. The van der Waals surface area contributed by atoms with Crippen molar-refractivity contribution in [3.05, 3.63) is 16.4 Å². The molecule has 106 valence electrons. The number of carboxylic acids is 1. The molecule has 1 saturated carbocycles. The Bertz CT molecular complexity index is 462. The molecular weight excluding hydrogens is 264 g/mol. The fourth-order valence-electron chi connectivity index (χ4n) is 2.77. The average molecular weight is 285 g/mol. The van der Waals surface area contributed by atoms with Crippen molar-refractivity contribution in [1.29, 1.82) is 0 Å². The topological polar surface area (TPSA) is 55.1 Å². The number of rotatable bonds is 4. The average Bonchev–Trinajstić information content (AvgIpc) is 2.66. The van der Waals surface area contributed by atoms with Crippen LogP contribution < -0.4 is 0 Å². The second-order valence-electron chi connectivity index (χ2n) is 5.75. The Balaban J connectivity index is 2.36. The van der Waals surface area contributed by atoms with E-state index in [9.17, 15) is 9.90 Å². The number of aromatic nitrogens is 2. The molecule has 0 aliphatic heterocycles. The normalized spacial score (nSPS) is 17.1. The molecule has 19 heavy (non-hydrogen) atoms. The molecule has 1 aromatic heterocycles. The standard InChI is InChI=1S/C14H21ClN2O2/c1-9(2)8-11-12(14(18)19)13(15)17(16-11)10-6-4-3-5-7-10/h9-10H,3-8H2,1-2H3,(H,18,19). The maximum absolute atomic E-state index is 11.4. The number of hydrogen-bond donors (Lipinski definition) is 1. The van der Waals surface area contributed by atoms with Crippen molar-refractivity contribution in [3.8, 4) is 0 Å². The van der Waals surface area contributed by atoms with E-state index in [1.807, 2.05) is 0 Å². The minimum Gasteiger partial charge on any atom is -0.478 e. The first-order valence-corrected chi connectivity index (χ1v) is 7.38. The van der Waals surface area contributed by atoms with Crippen molar-refractivity contribution >= 4 is 17.6 Å². The van der Waals surface area contributed by atoms with Gasteiger partial charge in [0.2, 0.25) is 0 Å². The molecule has 4 nitrogen and oxygen atoms in total. The van der Waals surface area contributed by atoms with E-state index in [1.54, 1.807) is 4.68 Å². The number of nitrogens with zero attached hydrogens (tertiary/aromatic N) is 2. The zero-order valence-electron chi connectivity index (χ0n) is 11.5. The van der Waals surface area contributed by atoms with Gasteiger partial charge in [-0.3, -0.25) is 0 Å². The molecule has 0 spiro atoms. The van der Waals surface area contributed by atoms with E-state index < -0.39 is 5.97 Å². The van der Waals surface area contributed by atoms with E-state index in [4.69, 9.17) is 11.6 Å². The van der Waals surface area contributed by atoms with Gasteiger partial charge < -0.3 is 5.11 Å². The van der Waals surface area contributed by atoms with Crippen LogP contribution in [-0.2, 0) is 6.42 Å². The molecule has 0 amide bonds. The van der Waals surface area contributed by atoms with Gasteiger partial charge in [0.25, 0.3) is 0 Å². The van der Waals surface area contributed by atoms with E-state index >= 15 is 0 Å². The summed E-state index contributed by atoms with van der Waals surface area (Å²) in [5.41, 5.74) is 0.819. The molecule has 1 aromatic rings. The summed E-state index contributed by atoms with van der Waals surface area (Å²) in [6.07, 6.45) is 6.33. The first-order chi connectivity index (χ1) is 9.00. The lowest BCUT2D eigenvalue weighted by atomic mass is 9.96. The Labute approximate surface area is 118 Å². The molecule has 1 aliphatic carbocycles. The van der Waals surface area contributed by atoms with Gasteiger partial charge in [-0.05, 0) is 25.2 Å². The molecule has 0 unspecified atom stereocenters. The Kier molecular flexibility index (Phi) is 4.50. The number of halogens is 1. The van der Waals surface area contributed by atoms with Crippen LogP contribution in [0.15, 0.2) is 0 Å². The third kappa shape index (κ3) is 3.11. The largest absolute Gasteiger partial charge is 0.478 e. The highest BCUT2D eigenvalue weighted by atomic mass is 35.5. The van der Waals surface area contributed by atoms with Gasteiger partial charge in [-0.1, -0.05) is 44.7 Å². The van der Waals surface area contributed by atoms with Crippen LogP contribution in [0.1, 0.15) is 68.0 Å². The molecule has 1 fully saturated rings. The molecule has 0 bridgehead atoms. The summed E-state index contributed by atoms with van der Waals surface area (Å²) < 4.78 is 1.75. The van der Waals surface area contributed by atoms with Crippen molar-refractivity contribution in [2.24, 2.45) is 5.92 Å². The maximum atomic E-state index is 11.4. The Hall–Kier alpha value is -1.03. The predicted octanol–water partition coefficient (Wildman–Crippen LogP) is 3.94. The van der Waals surface area contributed by atoms with Gasteiger partial charge in [-0.2, -0.15) is 5.10 Å². The summed E-state index contributed by atoms with van der Waals surface area (Å²) in [4.78, 5) is 11.4. The lowest BCUT2D eigenvalue weighted by Crippen LogP contribution is -2.14. The molecule has 5 heteroatoms. The van der Waals surface area contributed by atoms with E-state index in [1.165, 1.54) is 19.3 Å². The second-order valence-corrected chi connectivity index (χ2v) is 6.11. The molecule has 0 radical (unpaired) electrons. The number of hydrogen-bond acceptors (Lipinski definition) is 2. The van der Waals surface area contributed by atoms with Crippen LogP contribution in [0.25, 0.3) is 0 Å². The maximum Gasteiger partial charge on any atom is 0.340 e. The smallest absolute Gasteiger partial charge is 0.340 e. The van der Waals surface area contributed by atoms with Crippen molar-refractivity contribution in [2.75, 3.05) is 0 Å². The molecule has 1 aliphatic rings. The van der Waals surface area contributed by atoms with Crippen LogP contribution in [0, 0.1) is 5.92 Å². The SMILES string of the molecule is CC(C)Cc1nn(C2CCCCC2)c(Cl)c1C(=O)O. The molecule has 0 aromatic carbocycles. The summed E-state index contributed by atoms with van der Waals surface area (Å²) in [6.45, 7) is 4.11. The second kappa shape index (κ2) is 5.95. The van der Waals surface area contributed by atoms with Crippen LogP contribution >= 0.6 is 11.6 Å². The number of carbonyl (C=O) groups is 1. The minimum absolute atomic E-state index is 0.195. The highest BCUT2D eigenvalue weighted by Crippen LogP contribution is 2.33. The third-order valence-corrected chi connectivity index (χ3v) is 4.02. The molecule has 0 atom stereocenters. The molecule has 0 saturated heterocycles. The van der Waals surface area contributed by atoms with Crippen LogP contribution in [0.4, 0.5) is 0 Å². The van der Waals surface area contributed by atoms with Crippen molar-refractivity contribution in [2.45, 2.75) is 58.4 Å². The zero-order chi connectivity index (χ0) is 14.0. The Morgan fingerprint density at radius 2 is 2.05 bits per heavy atom. The van der Waals surface area contributed by atoms with E-state index in [0.29, 0.717) is 23.2 Å². The monoisotopic (exact) mass is 284 g/mol. The first-order valence-electron chi connectivity index (χ1n) is 7.01. The summed E-state index contributed by atoms with van der Waals surface area (Å²) in [7, 11) is 0. The zero-order valence-corrected chi connectivity index (χ0v) is 12.3. The van der Waals surface area contributed by atoms with Crippen LogP contribution in [-0.4, -0.2) is 20.9 Å². The van der Waals surface area contributed by atoms with Crippen molar-refractivity contribution in [3.63, 3.8) is 0 Å². The molecule has 2 rings (SSSR count). The molecular formula is C14H21ClN2O2. The van der Waals surface area contributed by atoms with Gasteiger partial charge in [0.1, 0.15) is 10.7 Å². The summed E-state index contributed by atoms with van der Waals surface area (Å²) >= 11 is 6.26. The van der Waals surface area contributed by atoms with E-state index in [-0.39, 0.29) is 11.6 Å². The van der Waals surface area contributed by atoms with Crippen LogP contribution in [0.2, 0.25) is 5.15 Å². The van der Waals surface area contributed by atoms with Gasteiger partial charge in [-0.25, -0.2) is 9.48 Å². The van der Waals surface area contributed by atoms with Gasteiger partial charge in [0.05, 0.1) is 11.7 Å². The molecule has 1 N–H and O–H groups in total. The molecule has 1 heterocycles. The minimum atomic E-state index is -0.970. The summed E-state index contributed by atoms with van der Waals surface area (Å²) in [6, 6.07) is 0.264. The van der Waals surface area contributed by atoms with E-state index in [2.05, 4.69) is 18.9 Å². The number of aromatic carboxylic acids is 1. The highest BCUT2D eigenvalue weighted by molar-refractivity contribution is 6.32. The van der Waals surface area contributed by atoms with Crippen LogP contribution in [0.3, 0.4) is 0 Å². The Morgan fingerprint density at radius 1 is 1.42 bits per heavy atom. The fourth-order valence-corrected chi connectivity index (χ4v) is 3.13.